The van der Waals surface area contributed by atoms with Gasteiger partial charge < -0.3 is 5.32 Å². The van der Waals surface area contributed by atoms with Gasteiger partial charge in [0, 0.05) is 44.8 Å². The van der Waals surface area contributed by atoms with Crippen molar-refractivity contribution in [2.45, 2.75) is 38.8 Å². The Morgan fingerprint density at radius 2 is 2.00 bits per heavy atom. The van der Waals surface area contributed by atoms with Crippen LogP contribution >= 0.6 is 11.3 Å². The van der Waals surface area contributed by atoms with E-state index in [0.29, 0.717) is 24.1 Å². The first kappa shape index (κ1) is 17.6. The highest BCUT2D eigenvalue weighted by molar-refractivity contribution is 7.16. The quantitative estimate of drug-likeness (QED) is 0.771. The fourth-order valence-corrected chi connectivity index (χ4v) is 4.02. The molecule has 2 aromatic heterocycles. The first-order valence-electron chi connectivity index (χ1n) is 9.23. The smallest absolute Gasteiger partial charge is 0.275 e. The Bertz CT molecular complexity index is 851. The van der Waals surface area contributed by atoms with Gasteiger partial charge in [-0.1, -0.05) is 18.3 Å². The number of piperazine rings is 1. The van der Waals surface area contributed by atoms with Crippen LogP contribution in [-0.2, 0) is 17.8 Å². The van der Waals surface area contributed by atoms with Crippen LogP contribution in [0.5, 0.6) is 0 Å². The Labute approximate surface area is 155 Å². The number of hydrogen-bond acceptors (Lipinski definition) is 7. The summed E-state index contributed by atoms with van der Waals surface area (Å²) in [7, 11) is 0. The van der Waals surface area contributed by atoms with E-state index in [0.717, 1.165) is 56.1 Å². The molecule has 1 saturated carbocycles. The molecule has 1 aliphatic heterocycles. The van der Waals surface area contributed by atoms with Gasteiger partial charge in [0.2, 0.25) is 10.9 Å². The molecule has 0 atom stereocenters. The van der Waals surface area contributed by atoms with Crippen LogP contribution in [0.4, 0.5) is 0 Å². The number of hydrogen-bond donors (Lipinski definition) is 1. The topological polar surface area (TPSA) is 82.8 Å². The Morgan fingerprint density at radius 1 is 1.27 bits per heavy atom. The minimum absolute atomic E-state index is 0.115. The van der Waals surface area contributed by atoms with Crippen LogP contribution in [0.15, 0.2) is 10.9 Å². The highest BCUT2D eigenvalue weighted by Gasteiger charge is 2.25. The standard InChI is InChI=1S/C17H24N6O2S/c1-2-15-20-23-16(25)9-13(19-17(23)26-15)10-21-5-7-22(8-6-21)11-14(24)18-12-3-4-12/h9,12H,2-8,10-11H2,1H3,(H,18,24). The van der Waals surface area contributed by atoms with Gasteiger partial charge in [-0.25, -0.2) is 4.98 Å². The van der Waals surface area contributed by atoms with E-state index in [1.54, 1.807) is 6.07 Å². The average molecular weight is 376 g/mol. The van der Waals surface area contributed by atoms with E-state index < -0.39 is 0 Å². The Balaban J connectivity index is 1.33. The van der Waals surface area contributed by atoms with Crippen molar-refractivity contribution in [1.29, 1.82) is 0 Å². The van der Waals surface area contributed by atoms with Crippen LogP contribution < -0.4 is 10.9 Å². The second kappa shape index (κ2) is 7.42. The van der Waals surface area contributed by atoms with Gasteiger partial charge in [-0.05, 0) is 19.3 Å². The highest BCUT2D eigenvalue weighted by Crippen LogP contribution is 2.18. The molecule has 4 rings (SSSR count). The van der Waals surface area contributed by atoms with Crippen LogP contribution in [0.1, 0.15) is 30.5 Å². The maximum atomic E-state index is 12.2. The molecule has 26 heavy (non-hydrogen) atoms. The summed E-state index contributed by atoms with van der Waals surface area (Å²) in [4.78, 5) is 33.9. The zero-order chi connectivity index (χ0) is 18.1. The van der Waals surface area contributed by atoms with Crippen molar-refractivity contribution in [3.8, 4) is 0 Å². The molecule has 3 heterocycles. The maximum Gasteiger partial charge on any atom is 0.275 e. The molecular formula is C17H24N6O2S. The summed E-state index contributed by atoms with van der Waals surface area (Å²) in [6, 6.07) is 2.01. The first-order valence-corrected chi connectivity index (χ1v) is 10.0. The number of aryl methyl sites for hydroxylation is 1. The van der Waals surface area contributed by atoms with E-state index in [1.165, 1.54) is 15.9 Å². The molecule has 2 aliphatic rings. The largest absolute Gasteiger partial charge is 0.352 e. The number of rotatable bonds is 6. The lowest BCUT2D eigenvalue weighted by Gasteiger charge is -2.34. The van der Waals surface area contributed by atoms with Crippen LogP contribution in [-0.4, -0.2) is 69.1 Å². The van der Waals surface area contributed by atoms with Gasteiger partial charge in [0.1, 0.15) is 5.01 Å². The third kappa shape index (κ3) is 4.11. The van der Waals surface area contributed by atoms with E-state index in [9.17, 15) is 9.59 Å². The SMILES string of the molecule is CCc1nn2c(=O)cc(CN3CCN(CC(=O)NC4CC4)CC3)nc2s1. The number of carbonyl (C=O) groups excluding carboxylic acids is 1. The van der Waals surface area contributed by atoms with Gasteiger partial charge in [0.15, 0.2) is 0 Å². The van der Waals surface area contributed by atoms with Crippen molar-refractivity contribution < 1.29 is 4.79 Å². The van der Waals surface area contributed by atoms with Crippen molar-refractivity contribution in [2.24, 2.45) is 0 Å². The van der Waals surface area contributed by atoms with Crippen molar-refractivity contribution in [2.75, 3.05) is 32.7 Å². The number of fused-ring (bicyclic) bond motifs is 1. The Kier molecular flexibility index (Phi) is 5.01. The van der Waals surface area contributed by atoms with Crippen LogP contribution in [0.3, 0.4) is 0 Å². The number of aromatic nitrogens is 3. The van der Waals surface area contributed by atoms with E-state index in [-0.39, 0.29) is 11.5 Å². The molecule has 9 heteroatoms. The minimum atomic E-state index is -0.115. The average Bonchev–Trinajstić information content (AvgIpc) is 3.32. The number of carbonyl (C=O) groups is 1. The van der Waals surface area contributed by atoms with Crippen molar-refractivity contribution in [3.05, 3.63) is 27.1 Å². The molecule has 2 fully saturated rings. The van der Waals surface area contributed by atoms with Gasteiger partial charge in [-0.15, -0.1) is 0 Å². The fourth-order valence-electron chi connectivity index (χ4n) is 3.16. The molecule has 0 unspecified atom stereocenters. The van der Waals surface area contributed by atoms with Gasteiger partial charge in [-0.3, -0.25) is 19.4 Å². The summed E-state index contributed by atoms with van der Waals surface area (Å²) < 4.78 is 1.39. The van der Waals surface area contributed by atoms with E-state index >= 15 is 0 Å². The summed E-state index contributed by atoms with van der Waals surface area (Å²) in [5, 5.41) is 8.24. The lowest BCUT2D eigenvalue weighted by molar-refractivity contribution is -0.122. The van der Waals surface area contributed by atoms with Crippen LogP contribution in [0.2, 0.25) is 0 Å². The molecule has 2 aromatic rings. The Hall–Kier alpha value is -1.84. The van der Waals surface area contributed by atoms with E-state index in [2.05, 4.69) is 25.2 Å². The van der Waals surface area contributed by atoms with E-state index in [1.807, 2.05) is 6.92 Å². The molecule has 1 aliphatic carbocycles. The first-order chi connectivity index (χ1) is 12.6. The number of nitrogens with zero attached hydrogens (tertiary/aromatic N) is 5. The highest BCUT2D eigenvalue weighted by atomic mass is 32.1. The Morgan fingerprint density at radius 3 is 2.69 bits per heavy atom. The molecule has 1 saturated heterocycles. The van der Waals surface area contributed by atoms with Gasteiger partial charge in [0.25, 0.3) is 5.56 Å². The summed E-state index contributed by atoms with van der Waals surface area (Å²) in [6.45, 7) is 6.64. The molecule has 1 amide bonds. The molecular weight excluding hydrogens is 352 g/mol. The van der Waals surface area contributed by atoms with Gasteiger partial charge in [-0.2, -0.15) is 9.61 Å². The predicted molar refractivity (Wildman–Crippen MR) is 99.4 cm³/mol. The van der Waals surface area contributed by atoms with E-state index in [4.69, 9.17) is 0 Å². The molecule has 1 N–H and O–H groups in total. The third-order valence-electron chi connectivity index (χ3n) is 4.80. The fraction of sp³-hybridized carbons (Fsp3) is 0.647. The monoisotopic (exact) mass is 376 g/mol. The summed E-state index contributed by atoms with van der Waals surface area (Å²) in [5.41, 5.74) is 0.678. The maximum absolute atomic E-state index is 12.2. The molecule has 140 valence electrons. The van der Waals surface area contributed by atoms with Gasteiger partial charge in [0.05, 0.1) is 12.2 Å². The van der Waals surface area contributed by atoms with Gasteiger partial charge >= 0.3 is 0 Å². The zero-order valence-corrected chi connectivity index (χ0v) is 15.8. The van der Waals surface area contributed by atoms with Crippen LogP contribution in [0, 0.1) is 0 Å². The van der Waals surface area contributed by atoms with Crippen molar-refractivity contribution in [1.82, 2.24) is 29.7 Å². The minimum Gasteiger partial charge on any atom is -0.352 e. The van der Waals surface area contributed by atoms with Crippen molar-refractivity contribution in [3.63, 3.8) is 0 Å². The third-order valence-corrected chi connectivity index (χ3v) is 5.86. The van der Waals surface area contributed by atoms with Crippen LogP contribution in [0.25, 0.3) is 4.96 Å². The summed E-state index contributed by atoms with van der Waals surface area (Å²) in [6.07, 6.45) is 3.05. The molecule has 0 spiro atoms. The second-order valence-corrected chi connectivity index (χ2v) is 8.06. The second-order valence-electron chi connectivity index (χ2n) is 7.02. The normalized spacial score (nSPS) is 19.1. The van der Waals surface area contributed by atoms with Crippen molar-refractivity contribution >= 4 is 22.2 Å². The molecule has 0 aromatic carbocycles. The molecule has 0 radical (unpaired) electrons. The lowest BCUT2D eigenvalue weighted by Crippen LogP contribution is -2.49. The predicted octanol–water partition coefficient (Wildman–Crippen LogP) is 0.110. The lowest BCUT2D eigenvalue weighted by atomic mass is 10.2. The summed E-state index contributed by atoms with van der Waals surface area (Å²) >= 11 is 1.47. The zero-order valence-electron chi connectivity index (χ0n) is 15.0. The number of amides is 1. The molecule has 0 bridgehead atoms. The molecule has 8 nitrogen and oxygen atoms in total. The number of nitrogens with one attached hydrogen (secondary N) is 1. The summed E-state index contributed by atoms with van der Waals surface area (Å²) in [5.74, 6) is 0.137.